The van der Waals surface area contributed by atoms with E-state index in [1.807, 2.05) is 20.1 Å². The number of nitrogens with zero attached hydrogens (tertiary/aromatic N) is 3. The van der Waals surface area contributed by atoms with Crippen molar-refractivity contribution in [2.75, 3.05) is 19.3 Å². The largest absolute Gasteiger partial charge is 0.361 e. The second-order valence-corrected chi connectivity index (χ2v) is 4.67. The van der Waals surface area contributed by atoms with Crippen LogP contribution in [0.3, 0.4) is 0 Å². The average molecular weight is 253 g/mol. The molecule has 0 fully saturated rings. The molecule has 1 aromatic rings. The first-order valence-corrected chi connectivity index (χ1v) is 6.66. The standard InChI is InChI=1S/C11H15N3O2S/c1-7-9(8(2)16-13-7)6-10(15)14-5-4-12-11(14)17-3/h4-6H2,1-3H3. The fourth-order valence-corrected chi connectivity index (χ4v) is 2.47. The Balaban J connectivity index is 2.10. The van der Waals surface area contributed by atoms with Gasteiger partial charge in [-0.1, -0.05) is 16.9 Å². The van der Waals surface area contributed by atoms with Gasteiger partial charge in [-0.05, 0) is 20.1 Å². The molecule has 92 valence electrons. The molecule has 5 nitrogen and oxygen atoms in total. The van der Waals surface area contributed by atoms with Gasteiger partial charge in [-0.15, -0.1) is 0 Å². The molecule has 1 aromatic heterocycles. The highest BCUT2D eigenvalue weighted by Crippen LogP contribution is 2.17. The van der Waals surface area contributed by atoms with E-state index in [0.29, 0.717) is 19.5 Å². The monoisotopic (exact) mass is 253 g/mol. The van der Waals surface area contributed by atoms with Gasteiger partial charge in [0.2, 0.25) is 5.91 Å². The van der Waals surface area contributed by atoms with Crippen LogP contribution in [-0.4, -0.2) is 40.5 Å². The molecule has 6 heteroatoms. The van der Waals surface area contributed by atoms with E-state index in [-0.39, 0.29) is 5.91 Å². The van der Waals surface area contributed by atoms with E-state index in [4.69, 9.17) is 4.52 Å². The Morgan fingerprint density at radius 2 is 2.29 bits per heavy atom. The molecule has 2 heterocycles. The number of hydrogen-bond donors (Lipinski definition) is 0. The Morgan fingerprint density at radius 1 is 1.53 bits per heavy atom. The van der Waals surface area contributed by atoms with Gasteiger partial charge < -0.3 is 4.52 Å². The minimum atomic E-state index is 0.0602. The lowest BCUT2D eigenvalue weighted by atomic mass is 10.1. The number of aromatic nitrogens is 1. The zero-order valence-corrected chi connectivity index (χ0v) is 11.0. The SMILES string of the molecule is CSC1=NCCN1C(=O)Cc1c(C)noc1C. The summed E-state index contributed by atoms with van der Waals surface area (Å²) >= 11 is 1.51. The minimum Gasteiger partial charge on any atom is -0.361 e. The Labute approximate surface area is 104 Å². The summed E-state index contributed by atoms with van der Waals surface area (Å²) in [5, 5.41) is 4.66. The van der Waals surface area contributed by atoms with Gasteiger partial charge in [0, 0.05) is 12.1 Å². The van der Waals surface area contributed by atoms with Gasteiger partial charge in [-0.25, -0.2) is 0 Å². The van der Waals surface area contributed by atoms with Gasteiger partial charge in [0.05, 0.1) is 18.7 Å². The van der Waals surface area contributed by atoms with Gasteiger partial charge in [0.1, 0.15) is 5.76 Å². The third-order valence-electron chi connectivity index (χ3n) is 2.79. The smallest absolute Gasteiger partial charge is 0.233 e. The van der Waals surface area contributed by atoms with Gasteiger partial charge in [-0.3, -0.25) is 14.7 Å². The van der Waals surface area contributed by atoms with Gasteiger partial charge >= 0.3 is 0 Å². The number of hydrogen-bond acceptors (Lipinski definition) is 5. The van der Waals surface area contributed by atoms with Crippen molar-refractivity contribution in [1.29, 1.82) is 0 Å². The zero-order valence-electron chi connectivity index (χ0n) is 10.2. The quantitative estimate of drug-likeness (QED) is 0.799. The lowest BCUT2D eigenvalue weighted by Gasteiger charge is -2.16. The number of carbonyl (C=O) groups excluding carboxylic acids is 1. The molecule has 0 N–H and O–H groups in total. The lowest BCUT2D eigenvalue weighted by Crippen LogP contribution is -2.34. The molecule has 0 radical (unpaired) electrons. The second-order valence-electron chi connectivity index (χ2n) is 3.89. The van der Waals surface area contributed by atoms with E-state index in [1.54, 1.807) is 4.90 Å². The first-order chi connectivity index (χ1) is 8.13. The highest BCUT2D eigenvalue weighted by atomic mass is 32.2. The van der Waals surface area contributed by atoms with Crippen LogP contribution in [0.25, 0.3) is 0 Å². The number of thioether (sulfide) groups is 1. The van der Waals surface area contributed by atoms with Crippen molar-refractivity contribution >= 4 is 22.8 Å². The normalized spacial score (nSPS) is 15.2. The summed E-state index contributed by atoms with van der Waals surface area (Å²) in [6.45, 7) is 5.06. The third-order valence-corrected chi connectivity index (χ3v) is 3.51. The summed E-state index contributed by atoms with van der Waals surface area (Å²) in [7, 11) is 0. The first-order valence-electron chi connectivity index (χ1n) is 5.44. The van der Waals surface area contributed by atoms with E-state index in [2.05, 4.69) is 10.1 Å². The van der Waals surface area contributed by atoms with Crippen molar-refractivity contribution in [3.63, 3.8) is 0 Å². The maximum Gasteiger partial charge on any atom is 0.233 e. The van der Waals surface area contributed by atoms with Gasteiger partial charge in [0.15, 0.2) is 5.17 Å². The van der Waals surface area contributed by atoms with Crippen molar-refractivity contribution < 1.29 is 9.32 Å². The van der Waals surface area contributed by atoms with E-state index in [0.717, 1.165) is 22.2 Å². The summed E-state index contributed by atoms with van der Waals surface area (Å²) in [4.78, 5) is 18.2. The molecule has 0 saturated carbocycles. The van der Waals surface area contributed by atoms with E-state index >= 15 is 0 Å². The number of amides is 1. The highest BCUT2D eigenvalue weighted by Gasteiger charge is 2.24. The van der Waals surface area contributed by atoms with Crippen LogP contribution in [0.5, 0.6) is 0 Å². The molecule has 0 spiro atoms. The van der Waals surface area contributed by atoms with Gasteiger partial charge in [-0.2, -0.15) is 0 Å². The molecule has 0 unspecified atom stereocenters. The second kappa shape index (κ2) is 4.91. The van der Waals surface area contributed by atoms with Crippen LogP contribution in [0.15, 0.2) is 9.52 Å². The highest BCUT2D eigenvalue weighted by molar-refractivity contribution is 8.13. The van der Waals surface area contributed by atoms with Crippen LogP contribution in [-0.2, 0) is 11.2 Å². The Morgan fingerprint density at radius 3 is 2.88 bits per heavy atom. The average Bonchev–Trinajstić information content (AvgIpc) is 2.90. The van der Waals surface area contributed by atoms with Crippen molar-refractivity contribution in [2.45, 2.75) is 20.3 Å². The maximum absolute atomic E-state index is 12.1. The van der Waals surface area contributed by atoms with Crippen LogP contribution in [0.2, 0.25) is 0 Å². The van der Waals surface area contributed by atoms with Crippen LogP contribution >= 0.6 is 11.8 Å². The molecule has 0 bridgehead atoms. The molecular weight excluding hydrogens is 238 g/mol. The number of amidine groups is 1. The Bertz CT molecular complexity index is 448. The molecule has 1 aliphatic rings. The van der Waals surface area contributed by atoms with E-state index in [1.165, 1.54) is 11.8 Å². The number of aryl methyl sites for hydroxylation is 2. The van der Waals surface area contributed by atoms with E-state index < -0.39 is 0 Å². The summed E-state index contributed by atoms with van der Waals surface area (Å²) in [5.41, 5.74) is 1.68. The van der Waals surface area contributed by atoms with Crippen molar-refractivity contribution in [3.8, 4) is 0 Å². The molecule has 0 atom stereocenters. The Kier molecular flexibility index (Phi) is 3.51. The van der Waals surface area contributed by atoms with Crippen LogP contribution in [0.4, 0.5) is 0 Å². The van der Waals surface area contributed by atoms with Crippen LogP contribution < -0.4 is 0 Å². The predicted octanol–water partition coefficient (Wildman–Crippen LogP) is 1.40. The predicted molar refractivity (Wildman–Crippen MR) is 67.2 cm³/mol. The maximum atomic E-state index is 12.1. The molecule has 1 amide bonds. The number of aliphatic imine (C=N–C) groups is 1. The third kappa shape index (κ3) is 2.36. The summed E-state index contributed by atoms with van der Waals surface area (Å²) in [5.74, 6) is 0.780. The molecule has 0 aromatic carbocycles. The molecule has 0 aliphatic carbocycles. The number of rotatable bonds is 2. The van der Waals surface area contributed by atoms with E-state index in [9.17, 15) is 4.79 Å². The minimum absolute atomic E-state index is 0.0602. The molecule has 2 rings (SSSR count). The van der Waals surface area contributed by atoms with Crippen LogP contribution in [0.1, 0.15) is 17.0 Å². The summed E-state index contributed by atoms with van der Waals surface area (Å²) in [6, 6.07) is 0. The zero-order chi connectivity index (χ0) is 12.4. The first kappa shape index (κ1) is 12.2. The van der Waals surface area contributed by atoms with Crippen molar-refractivity contribution in [3.05, 3.63) is 17.0 Å². The summed E-state index contributed by atoms with van der Waals surface area (Å²) < 4.78 is 5.06. The fourth-order valence-electron chi connectivity index (χ4n) is 1.83. The Hall–Kier alpha value is -1.30. The number of carbonyl (C=O) groups is 1. The lowest BCUT2D eigenvalue weighted by molar-refractivity contribution is -0.126. The fraction of sp³-hybridized carbons (Fsp3) is 0.545. The molecule has 17 heavy (non-hydrogen) atoms. The molecule has 0 saturated heterocycles. The van der Waals surface area contributed by atoms with Crippen molar-refractivity contribution in [2.24, 2.45) is 4.99 Å². The topological polar surface area (TPSA) is 58.7 Å². The van der Waals surface area contributed by atoms with Crippen molar-refractivity contribution in [1.82, 2.24) is 10.1 Å². The molecular formula is C11H15N3O2S. The summed E-state index contributed by atoms with van der Waals surface area (Å²) in [6.07, 6.45) is 2.26. The van der Waals surface area contributed by atoms with Crippen LogP contribution in [0, 0.1) is 13.8 Å². The molecule has 1 aliphatic heterocycles. The van der Waals surface area contributed by atoms with Gasteiger partial charge in [0.25, 0.3) is 0 Å².